The van der Waals surface area contributed by atoms with E-state index in [1.165, 1.54) is 58.9 Å². The van der Waals surface area contributed by atoms with Gasteiger partial charge >= 0.3 is 248 Å². The Labute approximate surface area is 247 Å². The van der Waals surface area contributed by atoms with E-state index in [9.17, 15) is 9.90 Å². The summed E-state index contributed by atoms with van der Waals surface area (Å²) in [7, 11) is 1.54. The third-order valence-corrected chi connectivity index (χ3v) is 25.8. The monoisotopic (exact) mass is 656 g/mol. The third kappa shape index (κ3) is 8.01. The zero-order chi connectivity index (χ0) is 28.8. The molecule has 4 nitrogen and oxygen atoms in total. The van der Waals surface area contributed by atoms with Gasteiger partial charge in [-0.1, -0.05) is 0 Å². The fourth-order valence-electron chi connectivity index (χ4n) is 7.04. The normalized spacial score (nSPS) is 21.0. The number of aliphatic hydroxyl groups excluding tert-OH is 1. The molecule has 0 aromatic heterocycles. The van der Waals surface area contributed by atoms with Crippen LogP contribution in [0.1, 0.15) is 89.2 Å². The average molecular weight is 656 g/mol. The zero-order valence-electron chi connectivity index (χ0n) is 25.3. The molecule has 0 amide bonds. The number of hydrogen-bond donors (Lipinski definition) is 1. The summed E-state index contributed by atoms with van der Waals surface area (Å²) in [5.74, 6) is -0.335. The van der Waals surface area contributed by atoms with Crippen molar-refractivity contribution in [2.24, 2.45) is 5.41 Å². The van der Waals surface area contributed by atoms with Gasteiger partial charge in [-0.25, -0.2) is 0 Å². The minimum absolute atomic E-state index is 0.0468. The van der Waals surface area contributed by atoms with Gasteiger partial charge < -0.3 is 0 Å². The molecule has 1 aliphatic rings. The second-order valence-corrected chi connectivity index (χ2v) is 25.3. The van der Waals surface area contributed by atoms with E-state index >= 15 is 0 Å². The van der Waals surface area contributed by atoms with Crippen molar-refractivity contribution in [2.75, 3.05) is 13.7 Å². The molecule has 5 heteroatoms. The van der Waals surface area contributed by atoms with Crippen LogP contribution in [0, 0.1) is 5.41 Å². The standard InChI is InChI=1S/C23H25O4.3C4H9.Sn/c1-26-22(25)23(14-15-27-17-23)21(19-10-6-3-7-11-19)16-20(24)13-12-18-8-4-2-5-9-18;3*1-3-4-2;/h2-13,17,20-21,24H,14-16H2,1H3;3*1,3-4H2,2H3;/b13-12+;;;;/t20-,21+,23+;;;;/m0..../s1. The van der Waals surface area contributed by atoms with Crippen LogP contribution in [-0.4, -0.2) is 53.4 Å². The van der Waals surface area contributed by atoms with Gasteiger partial charge in [0.1, 0.15) is 0 Å². The van der Waals surface area contributed by atoms with Crippen LogP contribution in [0.5, 0.6) is 0 Å². The van der Waals surface area contributed by atoms with Crippen LogP contribution in [0.15, 0.2) is 66.7 Å². The number of unbranched alkanes of at least 4 members (excludes halogenated alkanes) is 3. The summed E-state index contributed by atoms with van der Waals surface area (Å²) in [6.45, 7) is 7.42. The first-order valence-corrected chi connectivity index (χ1v) is 23.3. The molecular weight excluding hydrogens is 603 g/mol. The number of aliphatic hydroxyl groups is 1. The molecule has 1 saturated heterocycles. The van der Waals surface area contributed by atoms with Crippen LogP contribution in [-0.2, 0) is 14.3 Å². The molecule has 2 aromatic rings. The van der Waals surface area contributed by atoms with E-state index in [0.29, 0.717) is 19.4 Å². The van der Waals surface area contributed by atoms with Crippen molar-refractivity contribution >= 4 is 30.4 Å². The fraction of sp³-hybridized carbons (Fsp3) is 0.571. The number of carbonyl (C=O) groups is 1. The summed E-state index contributed by atoms with van der Waals surface area (Å²) in [5.41, 5.74) is 1.37. The van der Waals surface area contributed by atoms with Crippen LogP contribution >= 0.6 is 0 Å². The van der Waals surface area contributed by atoms with Gasteiger partial charge in [-0.3, -0.25) is 0 Å². The van der Waals surface area contributed by atoms with E-state index in [1.807, 2.05) is 60.7 Å². The third-order valence-electron chi connectivity index (χ3n) is 9.09. The van der Waals surface area contributed by atoms with Crippen LogP contribution in [0.4, 0.5) is 0 Å². The Balaban J connectivity index is 2.13. The number of rotatable bonds is 17. The molecule has 0 aliphatic carbocycles. The molecule has 3 rings (SSSR count). The van der Waals surface area contributed by atoms with Crippen LogP contribution in [0.2, 0.25) is 13.3 Å². The molecule has 1 heterocycles. The minimum atomic E-state index is -3.09. The maximum absolute atomic E-state index is 14.2. The number of methoxy groups -OCH3 is 1. The van der Waals surface area contributed by atoms with Gasteiger partial charge in [0.05, 0.1) is 0 Å². The van der Waals surface area contributed by atoms with E-state index in [2.05, 4.69) is 32.9 Å². The predicted molar refractivity (Wildman–Crippen MR) is 169 cm³/mol. The van der Waals surface area contributed by atoms with E-state index in [1.54, 1.807) is 0 Å². The number of hydrogen-bond acceptors (Lipinski definition) is 4. The number of esters is 1. The summed E-state index contributed by atoms with van der Waals surface area (Å²) in [6, 6.07) is 20.4. The van der Waals surface area contributed by atoms with Gasteiger partial charge in [-0.15, -0.1) is 0 Å². The Bertz CT molecular complexity index is 1000. The number of carbonyl (C=O) groups excluding carboxylic acids is 1. The van der Waals surface area contributed by atoms with E-state index < -0.39 is 29.9 Å². The van der Waals surface area contributed by atoms with E-state index in [0.717, 1.165) is 11.1 Å². The van der Waals surface area contributed by atoms with Gasteiger partial charge in [-0.2, -0.15) is 0 Å². The Morgan fingerprint density at radius 1 is 0.975 bits per heavy atom. The SMILES string of the molecule is CCC[CH2][Sn]([CH2]CCC)([CH2]CCC)[C@H]1OCC[C@]1(C(=O)OC)[C@H](C[C@@H](O)/C=C/c1ccccc1)c1ccccc1. The fourth-order valence-corrected chi connectivity index (χ4v) is 26.3. The summed E-state index contributed by atoms with van der Waals surface area (Å²) >= 11 is -3.09. The van der Waals surface area contributed by atoms with Gasteiger partial charge in [0, 0.05) is 0 Å². The average Bonchev–Trinajstić information content (AvgIpc) is 3.45. The first-order chi connectivity index (χ1) is 19.5. The Morgan fingerprint density at radius 3 is 2.05 bits per heavy atom. The molecular formula is C35H52O4Sn. The molecule has 1 fully saturated rings. The molecule has 2 aromatic carbocycles. The summed E-state index contributed by atoms with van der Waals surface area (Å²) < 4.78 is 16.3. The quantitative estimate of drug-likeness (QED) is 0.137. The molecule has 1 N–H and O–H groups in total. The van der Waals surface area contributed by atoms with E-state index in [4.69, 9.17) is 9.47 Å². The van der Waals surface area contributed by atoms with Gasteiger partial charge in [0.15, 0.2) is 0 Å². The molecule has 40 heavy (non-hydrogen) atoms. The zero-order valence-corrected chi connectivity index (χ0v) is 28.2. The molecule has 0 unspecified atom stereocenters. The van der Waals surface area contributed by atoms with Crippen molar-refractivity contribution < 1.29 is 19.4 Å². The summed E-state index contributed by atoms with van der Waals surface area (Å²) in [4.78, 5) is 14.2. The van der Waals surface area contributed by atoms with Crippen molar-refractivity contribution in [2.45, 2.75) is 102 Å². The van der Waals surface area contributed by atoms with Crippen LogP contribution in [0.3, 0.4) is 0 Å². The predicted octanol–water partition coefficient (Wildman–Crippen LogP) is 8.57. The molecule has 220 valence electrons. The Morgan fingerprint density at radius 2 is 1.52 bits per heavy atom. The first-order valence-electron chi connectivity index (χ1n) is 15.6. The van der Waals surface area contributed by atoms with Crippen molar-refractivity contribution in [1.82, 2.24) is 0 Å². The molecule has 0 radical (unpaired) electrons. The summed E-state index contributed by atoms with van der Waals surface area (Å²) in [5, 5.41) is 11.4. The molecule has 0 bridgehead atoms. The Hall–Kier alpha value is -1.63. The van der Waals surface area contributed by atoms with Crippen LogP contribution in [0.25, 0.3) is 6.08 Å². The second-order valence-electron chi connectivity index (χ2n) is 11.7. The summed E-state index contributed by atoms with van der Waals surface area (Å²) in [6.07, 6.45) is 11.4. The van der Waals surface area contributed by atoms with Gasteiger partial charge in [0.2, 0.25) is 0 Å². The van der Waals surface area contributed by atoms with Gasteiger partial charge in [0.25, 0.3) is 0 Å². The first kappa shape index (κ1) is 32.9. The second kappa shape index (κ2) is 16.7. The molecule has 0 spiro atoms. The van der Waals surface area contributed by atoms with Crippen molar-refractivity contribution in [3.63, 3.8) is 0 Å². The molecule has 1 aliphatic heterocycles. The molecule has 4 atom stereocenters. The van der Waals surface area contributed by atoms with Crippen molar-refractivity contribution in [3.05, 3.63) is 77.9 Å². The maximum atomic E-state index is 14.2. The number of ether oxygens (including phenoxy) is 2. The Kier molecular flexibility index (Phi) is 13.7. The van der Waals surface area contributed by atoms with E-state index in [-0.39, 0.29) is 16.0 Å². The number of benzene rings is 2. The van der Waals surface area contributed by atoms with Crippen LogP contribution < -0.4 is 0 Å². The van der Waals surface area contributed by atoms with Gasteiger partial charge in [-0.05, 0) is 0 Å². The van der Waals surface area contributed by atoms with Crippen molar-refractivity contribution in [1.29, 1.82) is 0 Å². The molecule has 0 saturated carbocycles. The van der Waals surface area contributed by atoms with Crippen molar-refractivity contribution in [3.8, 4) is 0 Å². The topological polar surface area (TPSA) is 55.8 Å².